The standard InChI is InChI=1S/C20H27N3O2S/c1-18-8-10-20(11-9-18)26(24,25)21(2)12-13-22-14-16-23(17-15-22)19-6-4-3-5-7-19/h3-11H,12-17H2,1-2H3. The van der Waals surface area contributed by atoms with Crippen LogP contribution in [-0.4, -0.2) is 63.9 Å². The first-order valence-corrected chi connectivity index (χ1v) is 10.5. The van der Waals surface area contributed by atoms with Gasteiger partial charge in [-0.2, -0.15) is 4.31 Å². The molecule has 1 aliphatic rings. The van der Waals surface area contributed by atoms with Crippen molar-refractivity contribution in [3.63, 3.8) is 0 Å². The maximum Gasteiger partial charge on any atom is 0.242 e. The third-order valence-electron chi connectivity index (χ3n) is 4.95. The fourth-order valence-corrected chi connectivity index (χ4v) is 4.32. The van der Waals surface area contributed by atoms with Crippen LogP contribution in [-0.2, 0) is 10.0 Å². The third kappa shape index (κ3) is 4.44. The van der Waals surface area contributed by atoms with Gasteiger partial charge in [0.05, 0.1) is 4.90 Å². The SMILES string of the molecule is Cc1ccc(S(=O)(=O)N(C)CCN2CCN(c3ccccc3)CC2)cc1. The second-order valence-electron chi connectivity index (χ2n) is 6.80. The van der Waals surface area contributed by atoms with Crippen molar-refractivity contribution in [2.24, 2.45) is 0 Å². The quantitative estimate of drug-likeness (QED) is 0.780. The van der Waals surface area contributed by atoms with Gasteiger partial charge in [0.25, 0.3) is 0 Å². The van der Waals surface area contributed by atoms with E-state index in [0.717, 1.165) is 38.3 Å². The number of nitrogens with zero attached hydrogens (tertiary/aromatic N) is 3. The summed E-state index contributed by atoms with van der Waals surface area (Å²) < 4.78 is 26.8. The van der Waals surface area contributed by atoms with E-state index in [9.17, 15) is 8.42 Å². The molecule has 0 amide bonds. The van der Waals surface area contributed by atoms with E-state index in [-0.39, 0.29) is 0 Å². The number of hydrogen-bond donors (Lipinski definition) is 0. The van der Waals surface area contributed by atoms with Crippen molar-refractivity contribution in [3.8, 4) is 0 Å². The molecule has 0 unspecified atom stereocenters. The summed E-state index contributed by atoms with van der Waals surface area (Å²) in [6, 6.07) is 17.5. The minimum absolute atomic E-state index is 0.361. The van der Waals surface area contributed by atoms with E-state index in [1.165, 1.54) is 9.99 Å². The Morgan fingerprint density at radius 2 is 1.54 bits per heavy atom. The topological polar surface area (TPSA) is 43.9 Å². The molecule has 0 aromatic heterocycles. The van der Waals surface area contributed by atoms with Gasteiger partial charge in [-0.15, -0.1) is 0 Å². The number of para-hydroxylation sites is 1. The summed E-state index contributed by atoms with van der Waals surface area (Å²) >= 11 is 0. The molecule has 1 fully saturated rings. The molecule has 3 rings (SSSR count). The van der Waals surface area contributed by atoms with Crippen LogP contribution in [0.3, 0.4) is 0 Å². The van der Waals surface area contributed by atoms with Crippen LogP contribution in [0.25, 0.3) is 0 Å². The molecule has 2 aromatic rings. The number of aryl methyl sites for hydroxylation is 1. The molecule has 0 spiro atoms. The predicted octanol–water partition coefficient (Wildman–Crippen LogP) is 2.44. The fourth-order valence-electron chi connectivity index (χ4n) is 3.16. The van der Waals surface area contributed by atoms with Gasteiger partial charge in [0.1, 0.15) is 0 Å². The largest absolute Gasteiger partial charge is 0.369 e. The van der Waals surface area contributed by atoms with E-state index < -0.39 is 10.0 Å². The number of benzene rings is 2. The Morgan fingerprint density at radius 1 is 0.923 bits per heavy atom. The van der Waals surface area contributed by atoms with Crippen LogP contribution >= 0.6 is 0 Å². The molecule has 1 saturated heterocycles. The molecule has 0 aliphatic carbocycles. The highest BCUT2D eigenvalue weighted by molar-refractivity contribution is 7.89. The molecule has 0 atom stereocenters. The van der Waals surface area contributed by atoms with Crippen LogP contribution in [0.4, 0.5) is 5.69 Å². The molecule has 0 radical (unpaired) electrons. The van der Waals surface area contributed by atoms with Crippen molar-refractivity contribution in [1.82, 2.24) is 9.21 Å². The normalized spacial score (nSPS) is 16.2. The predicted molar refractivity (Wildman–Crippen MR) is 106 cm³/mol. The Labute approximate surface area is 156 Å². The molecular formula is C20H27N3O2S. The number of piperazine rings is 1. The van der Waals surface area contributed by atoms with Crippen LogP contribution in [0, 0.1) is 6.92 Å². The molecule has 26 heavy (non-hydrogen) atoms. The maximum atomic E-state index is 12.7. The molecule has 5 nitrogen and oxygen atoms in total. The summed E-state index contributed by atoms with van der Waals surface area (Å²) in [6.45, 7) is 7.05. The van der Waals surface area contributed by atoms with Crippen molar-refractivity contribution in [3.05, 3.63) is 60.2 Å². The lowest BCUT2D eigenvalue weighted by molar-refractivity contribution is 0.244. The highest BCUT2D eigenvalue weighted by Crippen LogP contribution is 2.17. The first-order valence-electron chi connectivity index (χ1n) is 9.02. The van der Waals surface area contributed by atoms with Crippen molar-refractivity contribution in [2.75, 3.05) is 51.2 Å². The van der Waals surface area contributed by atoms with E-state index >= 15 is 0 Å². The third-order valence-corrected chi connectivity index (χ3v) is 6.83. The summed E-state index contributed by atoms with van der Waals surface area (Å²) in [5, 5.41) is 0. The van der Waals surface area contributed by atoms with Crippen LogP contribution in [0.1, 0.15) is 5.56 Å². The van der Waals surface area contributed by atoms with Crippen molar-refractivity contribution in [1.29, 1.82) is 0 Å². The first kappa shape index (κ1) is 18.9. The molecule has 0 N–H and O–H groups in total. The molecule has 1 heterocycles. The highest BCUT2D eigenvalue weighted by atomic mass is 32.2. The second-order valence-corrected chi connectivity index (χ2v) is 8.85. The van der Waals surface area contributed by atoms with Gasteiger partial charge in [-0.1, -0.05) is 35.9 Å². The van der Waals surface area contributed by atoms with Crippen LogP contribution in [0.15, 0.2) is 59.5 Å². The molecule has 2 aromatic carbocycles. The zero-order chi connectivity index (χ0) is 18.6. The Morgan fingerprint density at radius 3 is 2.15 bits per heavy atom. The van der Waals surface area contributed by atoms with E-state index in [1.807, 2.05) is 25.1 Å². The van der Waals surface area contributed by atoms with Gasteiger partial charge < -0.3 is 4.90 Å². The van der Waals surface area contributed by atoms with Gasteiger partial charge in [-0.05, 0) is 31.2 Å². The van der Waals surface area contributed by atoms with Crippen molar-refractivity contribution >= 4 is 15.7 Å². The maximum absolute atomic E-state index is 12.7. The summed E-state index contributed by atoms with van der Waals surface area (Å²) in [4.78, 5) is 5.07. The zero-order valence-corrected chi connectivity index (χ0v) is 16.3. The zero-order valence-electron chi connectivity index (χ0n) is 15.5. The fraction of sp³-hybridized carbons (Fsp3) is 0.400. The summed E-state index contributed by atoms with van der Waals surface area (Å²) in [5.41, 5.74) is 2.31. The lowest BCUT2D eigenvalue weighted by atomic mass is 10.2. The minimum Gasteiger partial charge on any atom is -0.369 e. The number of likely N-dealkylation sites (N-methyl/N-ethyl adjacent to an activating group) is 1. The van der Waals surface area contributed by atoms with Crippen molar-refractivity contribution < 1.29 is 8.42 Å². The monoisotopic (exact) mass is 373 g/mol. The molecule has 0 saturated carbocycles. The average molecular weight is 374 g/mol. The number of sulfonamides is 1. The van der Waals surface area contributed by atoms with Gasteiger partial charge in [-0.25, -0.2) is 8.42 Å². The van der Waals surface area contributed by atoms with Crippen LogP contribution < -0.4 is 4.90 Å². The summed E-state index contributed by atoms with van der Waals surface area (Å²) in [7, 11) is -1.75. The lowest BCUT2D eigenvalue weighted by Gasteiger charge is -2.36. The van der Waals surface area contributed by atoms with E-state index in [0.29, 0.717) is 11.4 Å². The van der Waals surface area contributed by atoms with Gasteiger partial charge in [-0.3, -0.25) is 4.90 Å². The number of hydrogen-bond acceptors (Lipinski definition) is 4. The van der Waals surface area contributed by atoms with Crippen molar-refractivity contribution in [2.45, 2.75) is 11.8 Å². The number of anilines is 1. The molecular weight excluding hydrogens is 346 g/mol. The van der Waals surface area contributed by atoms with E-state index in [4.69, 9.17) is 0 Å². The van der Waals surface area contributed by atoms with Gasteiger partial charge in [0.2, 0.25) is 10.0 Å². The Hall–Kier alpha value is -1.89. The Balaban J connectivity index is 1.51. The van der Waals surface area contributed by atoms with Crippen LogP contribution in [0.2, 0.25) is 0 Å². The van der Waals surface area contributed by atoms with Gasteiger partial charge in [0.15, 0.2) is 0 Å². The smallest absolute Gasteiger partial charge is 0.242 e. The highest BCUT2D eigenvalue weighted by Gasteiger charge is 2.22. The first-order chi connectivity index (χ1) is 12.5. The summed E-state index contributed by atoms with van der Waals surface area (Å²) in [5.74, 6) is 0. The Bertz CT molecular complexity index is 799. The van der Waals surface area contributed by atoms with Gasteiger partial charge >= 0.3 is 0 Å². The second kappa shape index (κ2) is 8.20. The lowest BCUT2D eigenvalue weighted by Crippen LogP contribution is -2.48. The summed E-state index contributed by atoms with van der Waals surface area (Å²) in [6.07, 6.45) is 0. The Kier molecular flexibility index (Phi) is 5.96. The van der Waals surface area contributed by atoms with E-state index in [2.05, 4.69) is 34.1 Å². The van der Waals surface area contributed by atoms with E-state index in [1.54, 1.807) is 19.2 Å². The molecule has 1 aliphatic heterocycles. The van der Waals surface area contributed by atoms with Crippen LogP contribution in [0.5, 0.6) is 0 Å². The molecule has 140 valence electrons. The number of rotatable bonds is 6. The molecule has 6 heteroatoms. The minimum atomic E-state index is -3.41. The van der Waals surface area contributed by atoms with Gasteiger partial charge in [0, 0.05) is 52.0 Å². The average Bonchev–Trinajstić information content (AvgIpc) is 2.67. The molecule has 0 bridgehead atoms.